The maximum absolute atomic E-state index is 12.3. The molecule has 4 nitrogen and oxygen atoms in total. The third-order valence-electron chi connectivity index (χ3n) is 3.83. The number of nitrogens with one attached hydrogen (secondary N) is 1. The summed E-state index contributed by atoms with van der Waals surface area (Å²) >= 11 is 3.40. The van der Waals surface area contributed by atoms with Gasteiger partial charge in [-0.05, 0) is 37.1 Å². The summed E-state index contributed by atoms with van der Waals surface area (Å²) in [6, 6.07) is 7.40. The second kappa shape index (κ2) is 7.29. The molecule has 0 aliphatic carbocycles. The van der Waals surface area contributed by atoms with Crippen molar-refractivity contribution < 1.29 is 9.21 Å². The minimum Gasteiger partial charge on any atom is -0.451 e. The molecule has 3 N–H and O–H groups in total. The summed E-state index contributed by atoms with van der Waals surface area (Å²) < 4.78 is 6.55. The van der Waals surface area contributed by atoms with Crippen LogP contribution in [0.5, 0.6) is 0 Å². The van der Waals surface area contributed by atoms with Gasteiger partial charge in [-0.25, -0.2) is 0 Å². The minimum absolute atomic E-state index is 0. The first-order chi connectivity index (χ1) is 9.53. The van der Waals surface area contributed by atoms with Gasteiger partial charge in [0.2, 0.25) is 0 Å². The fraction of sp³-hybridized carbons (Fsp3) is 0.400. The van der Waals surface area contributed by atoms with E-state index in [0.29, 0.717) is 17.9 Å². The first-order valence-corrected chi connectivity index (χ1v) is 7.54. The first-order valence-electron chi connectivity index (χ1n) is 6.75. The van der Waals surface area contributed by atoms with Gasteiger partial charge in [0.15, 0.2) is 5.76 Å². The molecular weight excluding hydrogens is 356 g/mol. The van der Waals surface area contributed by atoms with Crippen LogP contribution in [0.2, 0.25) is 0 Å². The number of benzene rings is 1. The van der Waals surface area contributed by atoms with Crippen molar-refractivity contribution >= 4 is 45.2 Å². The Kier molecular flexibility index (Phi) is 6.25. The van der Waals surface area contributed by atoms with Crippen LogP contribution in [0.15, 0.2) is 33.2 Å². The fourth-order valence-electron chi connectivity index (χ4n) is 2.20. The van der Waals surface area contributed by atoms with Gasteiger partial charge >= 0.3 is 0 Å². The zero-order valence-electron chi connectivity index (χ0n) is 12.1. The lowest BCUT2D eigenvalue weighted by molar-refractivity contribution is 0.0869. The molecule has 116 valence electrons. The normalized spacial score (nSPS) is 11.2. The van der Waals surface area contributed by atoms with Gasteiger partial charge in [0.1, 0.15) is 5.58 Å². The third-order valence-corrected chi connectivity index (χ3v) is 4.32. The second-order valence-corrected chi connectivity index (χ2v) is 5.85. The molecule has 21 heavy (non-hydrogen) atoms. The van der Waals surface area contributed by atoms with Crippen molar-refractivity contribution in [3.8, 4) is 0 Å². The van der Waals surface area contributed by atoms with E-state index in [1.165, 1.54) is 0 Å². The van der Waals surface area contributed by atoms with Crippen LogP contribution in [-0.4, -0.2) is 18.0 Å². The summed E-state index contributed by atoms with van der Waals surface area (Å²) in [5.74, 6) is 0.101. The molecular formula is C15H20BrClN2O2. The van der Waals surface area contributed by atoms with Crippen LogP contribution in [0, 0.1) is 0 Å². The Balaban J connectivity index is 0.00000220. The summed E-state index contributed by atoms with van der Waals surface area (Å²) in [7, 11) is 0. The molecule has 0 radical (unpaired) electrons. The number of hydrogen-bond acceptors (Lipinski definition) is 3. The molecule has 1 aromatic heterocycles. The molecule has 0 aliphatic heterocycles. The summed E-state index contributed by atoms with van der Waals surface area (Å²) in [4.78, 5) is 12.3. The molecule has 0 saturated carbocycles. The zero-order chi connectivity index (χ0) is 14.8. The van der Waals surface area contributed by atoms with Gasteiger partial charge in [0.25, 0.3) is 5.91 Å². The lowest BCUT2D eigenvalue weighted by Crippen LogP contribution is -2.52. The van der Waals surface area contributed by atoms with Crippen LogP contribution >= 0.6 is 28.3 Å². The number of carbonyl (C=O) groups excluding carboxylic acids is 1. The Morgan fingerprint density at radius 2 is 2.00 bits per heavy atom. The number of hydrogen-bond donors (Lipinski definition) is 2. The molecule has 1 heterocycles. The van der Waals surface area contributed by atoms with Crippen LogP contribution in [0.1, 0.15) is 37.2 Å². The number of fused-ring (bicyclic) bond motifs is 1. The molecule has 0 atom stereocenters. The Bertz CT molecular complexity index is 615. The first kappa shape index (κ1) is 18.0. The minimum atomic E-state index is -0.364. The van der Waals surface area contributed by atoms with Crippen molar-refractivity contribution in [2.75, 3.05) is 6.54 Å². The van der Waals surface area contributed by atoms with E-state index in [2.05, 4.69) is 21.2 Å². The Labute approximate surface area is 139 Å². The van der Waals surface area contributed by atoms with E-state index in [1.54, 1.807) is 6.07 Å². The van der Waals surface area contributed by atoms with Crippen molar-refractivity contribution in [2.45, 2.75) is 32.2 Å². The van der Waals surface area contributed by atoms with Crippen LogP contribution in [0.25, 0.3) is 11.0 Å². The highest BCUT2D eigenvalue weighted by atomic mass is 79.9. The van der Waals surface area contributed by atoms with E-state index >= 15 is 0 Å². The van der Waals surface area contributed by atoms with Crippen molar-refractivity contribution in [3.05, 3.63) is 34.5 Å². The van der Waals surface area contributed by atoms with Gasteiger partial charge in [-0.15, -0.1) is 12.4 Å². The fourth-order valence-corrected chi connectivity index (χ4v) is 2.57. The molecule has 1 amide bonds. The lowest BCUT2D eigenvalue weighted by Gasteiger charge is -2.30. The number of nitrogens with two attached hydrogens (primary N) is 1. The average molecular weight is 376 g/mol. The largest absolute Gasteiger partial charge is 0.451 e. The van der Waals surface area contributed by atoms with Crippen LogP contribution in [0.4, 0.5) is 0 Å². The quantitative estimate of drug-likeness (QED) is 0.833. The molecule has 2 aromatic rings. The molecule has 0 unspecified atom stereocenters. The SMILES string of the molecule is CCC(CC)(CN)NC(=O)c1cc2cc(Br)ccc2o1.Cl. The summed E-state index contributed by atoms with van der Waals surface area (Å²) in [6.07, 6.45) is 1.58. The third kappa shape index (κ3) is 3.78. The maximum atomic E-state index is 12.3. The van der Waals surface area contributed by atoms with Gasteiger partial charge in [0, 0.05) is 16.4 Å². The predicted molar refractivity (Wildman–Crippen MR) is 91.0 cm³/mol. The van der Waals surface area contributed by atoms with Crippen LogP contribution in [-0.2, 0) is 0 Å². The van der Waals surface area contributed by atoms with E-state index in [4.69, 9.17) is 10.2 Å². The topological polar surface area (TPSA) is 68.3 Å². The van der Waals surface area contributed by atoms with E-state index in [-0.39, 0.29) is 23.9 Å². The highest BCUT2D eigenvalue weighted by Crippen LogP contribution is 2.24. The molecule has 0 bridgehead atoms. The predicted octanol–water partition coefficient (Wildman–Crippen LogP) is 3.86. The van der Waals surface area contributed by atoms with Gasteiger partial charge in [0.05, 0.1) is 5.54 Å². The number of halogens is 2. The van der Waals surface area contributed by atoms with Crippen LogP contribution in [0.3, 0.4) is 0 Å². The zero-order valence-corrected chi connectivity index (χ0v) is 14.5. The Morgan fingerprint density at radius 3 is 2.57 bits per heavy atom. The van der Waals surface area contributed by atoms with Gasteiger partial charge in [-0.1, -0.05) is 29.8 Å². The smallest absolute Gasteiger partial charge is 0.287 e. The van der Waals surface area contributed by atoms with Crippen molar-refractivity contribution in [2.24, 2.45) is 5.73 Å². The van der Waals surface area contributed by atoms with E-state index in [1.807, 2.05) is 32.0 Å². The lowest BCUT2D eigenvalue weighted by atomic mass is 9.93. The van der Waals surface area contributed by atoms with Gasteiger partial charge in [-0.2, -0.15) is 0 Å². The molecule has 6 heteroatoms. The van der Waals surface area contributed by atoms with Crippen molar-refractivity contribution in [1.82, 2.24) is 5.32 Å². The van der Waals surface area contributed by atoms with Crippen molar-refractivity contribution in [3.63, 3.8) is 0 Å². The number of amides is 1. The summed E-state index contributed by atoms with van der Waals surface area (Å²) in [6.45, 7) is 4.45. The average Bonchev–Trinajstić information content (AvgIpc) is 2.88. The molecule has 1 aromatic carbocycles. The number of rotatable bonds is 5. The number of furan rings is 1. The summed E-state index contributed by atoms with van der Waals surface area (Å²) in [5.41, 5.74) is 6.13. The summed E-state index contributed by atoms with van der Waals surface area (Å²) in [5, 5.41) is 3.90. The van der Waals surface area contributed by atoms with E-state index in [0.717, 1.165) is 22.7 Å². The van der Waals surface area contributed by atoms with Gasteiger partial charge < -0.3 is 15.5 Å². The van der Waals surface area contributed by atoms with E-state index < -0.39 is 0 Å². The maximum Gasteiger partial charge on any atom is 0.287 e. The van der Waals surface area contributed by atoms with Crippen LogP contribution < -0.4 is 11.1 Å². The Hall–Kier alpha value is -1.04. The molecule has 0 fully saturated rings. The second-order valence-electron chi connectivity index (χ2n) is 4.94. The number of carbonyl (C=O) groups is 1. The molecule has 2 rings (SSSR count). The monoisotopic (exact) mass is 374 g/mol. The standard InChI is InChI=1S/C15H19BrN2O2.ClH/c1-3-15(4-2,9-17)18-14(19)13-8-10-7-11(16)5-6-12(10)20-13;/h5-8H,3-4,9,17H2,1-2H3,(H,18,19);1H. The highest BCUT2D eigenvalue weighted by Gasteiger charge is 2.28. The molecule has 0 spiro atoms. The highest BCUT2D eigenvalue weighted by molar-refractivity contribution is 9.10. The molecule has 0 saturated heterocycles. The Morgan fingerprint density at radius 1 is 1.33 bits per heavy atom. The van der Waals surface area contributed by atoms with Gasteiger partial charge in [-0.3, -0.25) is 4.79 Å². The van der Waals surface area contributed by atoms with E-state index in [9.17, 15) is 4.79 Å². The molecule has 0 aliphatic rings. The van der Waals surface area contributed by atoms with Crippen molar-refractivity contribution in [1.29, 1.82) is 0 Å².